The van der Waals surface area contributed by atoms with Gasteiger partial charge in [-0.2, -0.15) is 5.10 Å². The molecule has 1 aromatic heterocycles. The van der Waals surface area contributed by atoms with Crippen LogP contribution in [0.15, 0.2) is 0 Å². The summed E-state index contributed by atoms with van der Waals surface area (Å²) >= 11 is 0. The summed E-state index contributed by atoms with van der Waals surface area (Å²) in [5, 5.41) is 7.32. The van der Waals surface area contributed by atoms with Gasteiger partial charge in [-0.15, -0.1) is 0 Å². The van der Waals surface area contributed by atoms with Crippen molar-refractivity contribution in [2.75, 3.05) is 13.1 Å². The van der Waals surface area contributed by atoms with Crippen molar-refractivity contribution in [3.8, 4) is 0 Å². The summed E-state index contributed by atoms with van der Waals surface area (Å²) in [6.07, 6.45) is 1.88. The quantitative estimate of drug-likeness (QED) is 0.839. The number of hydrogen-bond acceptors (Lipinski definition) is 2. The van der Waals surface area contributed by atoms with Crippen LogP contribution in [-0.4, -0.2) is 33.8 Å². The minimum absolute atomic E-state index is 0.0383. The summed E-state index contributed by atoms with van der Waals surface area (Å²) in [7, 11) is 1.94. The van der Waals surface area contributed by atoms with Gasteiger partial charge in [-0.1, -0.05) is 6.92 Å². The van der Waals surface area contributed by atoms with Crippen molar-refractivity contribution in [2.45, 2.75) is 33.2 Å². The first-order valence-electron chi connectivity index (χ1n) is 6.17. The van der Waals surface area contributed by atoms with Crippen LogP contribution < -0.4 is 5.32 Å². The molecule has 1 N–H and O–H groups in total. The fourth-order valence-corrected chi connectivity index (χ4v) is 2.30. The van der Waals surface area contributed by atoms with Gasteiger partial charge >= 0.3 is 6.03 Å². The van der Waals surface area contributed by atoms with E-state index < -0.39 is 0 Å². The van der Waals surface area contributed by atoms with Crippen LogP contribution in [-0.2, 0) is 20.0 Å². The van der Waals surface area contributed by atoms with Crippen LogP contribution in [0.3, 0.4) is 0 Å². The lowest BCUT2D eigenvalue weighted by Gasteiger charge is -2.27. The molecule has 5 nitrogen and oxygen atoms in total. The first kappa shape index (κ1) is 12.0. The minimum Gasteiger partial charge on any atom is -0.338 e. The Balaban J connectivity index is 2.08. The largest absolute Gasteiger partial charge is 0.338 e. The number of nitrogens with one attached hydrogen (secondary N) is 1. The van der Waals surface area contributed by atoms with Crippen molar-refractivity contribution < 1.29 is 4.79 Å². The van der Waals surface area contributed by atoms with E-state index in [2.05, 4.69) is 17.3 Å². The second-order valence-corrected chi connectivity index (χ2v) is 4.54. The number of aryl methyl sites for hydroxylation is 2. The highest BCUT2D eigenvalue weighted by Crippen LogP contribution is 2.21. The molecule has 0 bridgehead atoms. The van der Waals surface area contributed by atoms with Gasteiger partial charge in [0.1, 0.15) is 0 Å². The molecule has 0 unspecified atom stereocenters. The zero-order valence-corrected chi connectivity index (χ0v) is 10.8. The van der Waals surface area contributed by atoms with Crippen molar-refractivity contribution in [1.82, 2.24) is 20.0 Å². The van der Waals surface area contributed by atoms with Crippen molar-refractivity contribution >= 4 is 6.03 Å². The van der Waals surface area contributed by atoms with Crippen LogP contribution in [0.2, 0.25) is 0 Å². The Labute approximate surface area is 102 Å². The molecule has 0 saturated carbocycles. The number of nitrogens with zero attached hydrogens (tertiary/aromatic N) is 3. The molecule has 0 aliphatic carbocycles. The van der Waals surface area contributed by atoms with Crippen LogP contribution in [0.1, 0.15) is 30.3 Å². The summed E-state index contributed by atoms with van der Waals surface area (Å²) in [6, 6.07) is 0.0383. The molecule has 94 valence electrons. The number of amides is 2. The Morgan fingerprint density at radius 2 is 2.29 bits per heavy atom. The van der Waals surface area contributed by atoms with Gasteiger partial charge in [0.05, 0.1) is 17.9 Å². The SMILES string of the molecule is CCCNC(=O)N1CCc2c(C)nn(C)c2C1. The predicted octanol–water partition coefficient (Wildman–Crippen LogP) is 1.21. The molecular formula is C12H20N4O. The number of carbonyl (C=O) groups excluding carboxylic acids is 1. The highest BCUT2D eigenvalue weighted by Gasteiger charge is 2.24. The van der Waals surface area contributed by atoms with E-state index >= 15 is 0 Å². The molecule has 17 heavy (non-hydrogen) atoms. The second kappa shape index (κ2) is 4.77. The zero-order valence-electron chi connectivity index (χ0n) is 10.8. The number of fused-ring (bicyclic) bond motifs is 1. The molecule has 0 spiro atoms. The molecule has 0 radical (unpaired) electrons. The number of rotatable bonds is 2. The molecule has 0 saturated heterocycles. The first-order chi connectivity index (χ1) is 8.13. The van der Waals surface area contributed by atoms with Crippen molar-refractivity contribution in [2.24, 2.45) is 7.05 Å². The second-order valence-electron chi connectivity index (χ2n) is 4.54. The number of carbonyl (C=O) groups is 1. The molecule has 1 aliphatic rings. The van der Waals surface area contributed by atoms with E-state index in [9.17, 15) is 4.79 Å². The maximum Gasteiger partial charge on any atom is 0.317 e. The van der Waals surface area contributed by atoms with Gasteiger partial charge in [0.15, 0.2) is 0 Å². The average Bonchev–Trinajstić information content (AvgIpc) is 2.61. The summed E-state index contributed by atoms with van der Waals surface area (Å²) in [5.74, 6) is 0. The molecular weight excluding hydrogens is 216 g/mol. The highest BCUT2D eigenvalue weighted by molar-refractivity contribution is 5.74. The summed E-state index contributed by atoms with van der Waals surface area (Å²) in [6.45, 7) is 6.29. The lowest BCUT2D eigenvalue weighted by molar-refractivity contribution is 0.190. The highest BCUT2D eigenvalue weighted by atomic mass is 16.2. The third-order valence-corrected chi connectivity index (χ3v) is 3.26. The Morgan fingerprint density at radius 3 is 3.00 bits per heavy atom. The van der Waals surface area contributed by atoms with Crippen LogP contribution >= 0.6 is 0 Å². The molecule has 1 aromatic rings. The topological polar surface area (TPSA) is 50.2 Å². The van der Waals surface area contributed by atoms with E-state index in [-0.39, 0.29) is 6.03 Å². The van der Waals surface area contributed by atoms with Crippen LogP contribution in [0.5, 0.6) is 0 Å². The standard InChI is InChI=1S/C12H20N4O/c1-4-6-13-12(17)16-7-5-10-9(2)14-15(3)11(10)8-16/h4-8H2,1-3H3,(H,13,17). The third-order valence-electron chi connectivity index (χ3n) is 3.26. The fourth-order valence-electron chi connectivity index (χ4n) is 2.30. The predicted molar refractivity (Wildman–Crippen MR) is 65.7 cm³/mol. The van der Waals surface area contributed by atoms with Gasteiger partial charge in [-0.3, -0.25) is 4.68 Å². The van der Waals surface area contributed by atoms with Gasteiger partial charge < -0.3 is 10.2 Å². The van der Waals surface area contributed by atoms with E-state index in [4.69, 9.17) is 0 Å². The lowest BCUT2D eigenvalue weighted by Crippen LogP contribution is -2.43. The molecule has 0 atom stereocenters. The molecule has 2 rings (SSSR count). The van der Waals surface area contributed by atoms with Gasteiger partial charge in [0, 0.05) is 20.1 Å². The summed E-state index contributed by atoms with van der Waals surface area (Å²) in [5.41, 5.74) is 3.57. The van der Waals surface area contributed by atoms with E-state index in [1.165, 1.54) is 11.3 Å². The van der Waals surface area contributed by atoms with Crippen molar-refractivity contribution in [3.05, 3.63) is 17.0 Å². The molecule has 2 heterocycles. The van der Waals surface area contributed by atoms with Gasteiger partial charge in [-0.25, -0.2) is 4.79 Å². The molecule has 0 fully saturated rings. The lowest BCUT2D eigenvalue weighted by atomic mass is 10.1. The zero-order chi connectivity index (χ0) is 12.4. The maximum atomic E-state index is 11.9. The average molecular weight is 236 g/mol. The van der Waals surface area contributed by atoms with Crippen LogP contribution in [0.4, 0.5) is 4.79 Å². The Kier molecular flexibility index (Phi) is 3.36. The van der Waals surface area contributed by atoms with E-state index in [0.717, 1.165) is 31.6 Å². The summed E-state index contributed by atoms with van der Waals surface area (Å²) in [4.78, 5) is 13.7. The molecule has 1 aliphatic heterocycles. The van der Waals surface area contributed by atoms with Crippen LogP contribution in [0.25, 0.3) is 0 Å². The molecule has 5 heteroatoms. The summed E-state index contributed by atoms with van der Waals surface area (Å²) < 4.78 is 1.89. The van der Waals surface area contributed by atoms with Crippen molar-refractivity contribution in [3.63, 3.8) is 0 Å². The van der Waals surface area contributed by atoms with Crippen molar-refractivity contribution in [1.29, 1.82) is 0 Å². The Bertz CT molecular complexity index is 424. The minimum atomic E-state index is 0.0383. The van der Waals surface area contributed by atoms with Crippen LogP contribution in [0, 0.1) is 6.92 Å². The molecule has 2 amide bonds. The normalized spacial score (nSPS) is 14.6. The number of urea groups is 1. The number of aromatic nitrogens is 2. The third kappa shape index (κ3) is 2.28. The monoisotopic (exact) mass is 236 g/mol. The smallest absolute Gasteiger partial charge is 0.317 e. The Hall–Kier alpha value is -1.52. The fraction of sp³-hybridized carbons (Fsp3) is 0.667. The maximum absolute atomic E-state index is 11.9. The van der Waals surface area contributed by atoms with E-state index in [0.29, 0.717) is 6.54 Å². The van der Waals surface area contributed by atoms with Gasteiger partial charge in [-0.05, 0) is 25.3 Å². The van der Waals surface area contributed by atoms with Gasteiger partial charge in [0.25, 0.3) is 0 Å². The Morgan fingerprint density at radius 1 is 1.53 bits per heavy atom. The van der Waals surface area contributed by atoms with Gasteiger partial charge in [0.2, 0.25) is 0 Å². The van der Waals surface area contributed by atoms with E-state index in [1.54, 1.807) is 0 Å². The molecule has 0 aromatic carbocycles. The first-order valence-corrected chi connectivity index (χ1v) is 6.17. The number of hydrogen-bond donors (Lipinski definition) is 1. The van der Waals surface area contributed by atoms with E-state index in [1.807, 2.05) is 23.6 Å².